The summed E-state index contributed by atoms with van der Waals surface area (Å²) in [5.41, 5.74) is -0.377. The summed E-state index contributed by atoms with van der Waals surface area (Å²) in [5, 5.41) is 2.77. The van der Waals surface area contributed by atoms with E-state index in [9.17, 15) is 9.59 Å². The molecule has 0 saturated heterocycles. The summed E-state index contributed by atoms with van der Waals surface area (Å²) in [6, 6.07) is 1.35. The number of aromatic nitrogens is 1. The van der Waals surface area contributed by atoms with E-state index in [0.29, 0.717) is 5.56 Å². The Hall–Kier alpha value is -1.29. The van der Waals surface area contributed by atoms with Gasteiger partial charge in [-0.25, -0.2) is 0 Å². The molecular weight excluding hydrogens is 216 g/mol. The minimum Gasteiger partial charge on any atom is -0.347 e. The predicted molar refractivity (Wildman–Crippen MR) is 59.3 cm³/mol. The molecule has 0 aliphatic heterocycles. The highest BCUT2D eigenvalue weighted by Crippen LogP contribution is 2.06. The van der Waals surface area contributed by atoms with E-state index in [1.54, 1.807) is 0 Å². The van der Waals surface area contributed by atoms with Gasteiger partial charge in [-0.05, 0) is 26.8 Å². The van der Waals surface area contributed by atoms with Crippen LogP contribution in [0.25, 0.3) is 0 Å². The number of aromatic amines is 1. The lowest BCUT2D eigenvalue weighted by Crippen LogP contribution is -2.40. The van der Waals surface area contributed by atoms with Crippen molar-refractivity contribution < 1.29 is 4.79 Å². The quantitative estimate of drug-likeness (QED) is 0.766. The van der Waals surface area contributed by atoms with E-state index < -0.39 is 5.56 Å². The monoisotopic (exact) mass is 228 g/mol. The van der Waals surface area contributed by atoms with E-state index in [0.717, 1.165) is 0 Å². The van der Waals surface area contributed by atoms with E-state index in [4.69, 9.17) is 11.6 Å². The number of hydrogen-bond donors (Lipinski definition) is 2. The largest absolute Gasteiger partial charge is 0.347 e. The zero-order valence-corrected chi connectivity index (χ0v) is 9.61. The minimum atomic E-state index is -0.399. The standard InChI is InChI=1S/C10H13ClN2O2/c1-10(2,3)13-8(14)6-4-7(11)9(15)12-5-6/h4-5H,1-3H3,(H,12,15)(H,13,14). The van der Waals surface area contributed by atoms with Crippen molar-refractivity contribution in [3.63, 3.8) is 0 Å². The van der Waals surface area contributed by atoms with Crippen LogP contribution in [0, 0.1) is 0 Å². The second-order valence-corrected chi connectivity index (χ2v) is 4.68. The maximum atomic E-state index is 11.6. The van der Waals surface area contributed by atoms with Crippen LogP contribution in [0.1, 0.15) is 31.1 Å². The van der Waals surface area contributed by atoms with Gasteiger partial charge >= 0.3 is 0 Å². The van der Waals surface area contributed by atoms with Crippen LogP contribution in [-0.2, 0) is 0 Å². The fourth-order valence-corrected chi connectivity index (χ4v) is 1.17. The van der Waals surface area contributed by atoms with Gasteiger partial charge in [0.15, 0.2) is 0 Å². The summed E-state index contributed by atoms with van der Waals surface area (Å²) in [5.74, 6) is -0.263. The number of hydrogen-bond acceptors (Lipinski definition) is 2. The second kappa shape index (κ2) is 4.06. The normalized spacial score (nSPS) is 11.2. The number of carbonyl (C=O) groups is 1. The van der Waals surface area contributed by atoms with E-state index in [1.807, 2.05) is 20.8 Å². The van der Waals surface area contributed by atoms with Crippen molar-refractivity contribution in [3.8, 4) is 0 Å². The Bertz CT molecular complexity index is 432. The van der Waals surface area contributed by atoms with Gasteiger partial charge in [-0.15, -0.1) is 0 Å². The van der Waals surface area contributed by atoms with Gasteiger partial charge in [0, 0.05) is 11.7 Å². The summed E-state index contributed by atoms with van der Waals surface area (Å²) in [6.45, 7) is 5.62. The number of pyridine rings is 1. The fourth-order valence-electron chi connectivity index (χ4n) is 1.000. The van der Waals surface area contributed by atoms with Crippen molar-refractivity contribution in [3.05, 3.63) is 33.2 Å². The first-order valence-electron chi connectivity index (χ1n) is 4.50. The van der Waals surface area contributed by atoms with Crippen molar-refractivity contribution in [2.24, 2.45) is 0 Å². The Morgan fingerprint density at radius 1 is 1.47 bits per heavy atom. The lowest BCUT2D eigenvalue weighted by molar-refractivity contribution is 0.0919. The van der Waals surface area contributed by atoms with Crippen molar-refractivity contribution >= 4 is 17.5 Å². The molecule has 2 N–H and O–H groups in total. The summed E-state index contributed by atoms with van der Waals surface area (Å²) >= 11 is 5.61. The summed E-state index contributed by atoms with van der Waals surface area (Å²) < 4.78 is 0. The molecular formula is C10H13ClN2O2. The Kier molecular flexibility index (Phi) is 3.19. The highest BCUT2D eigenvalue weighted by atomic mass is 35.5. The van der Waals surface area contributed by atoms with E-state index in [-0.39, 0.29) is 16.5 Å². The number of H-pyrrole nitrogens is 1. The summed E-state index contributed by atoms with van der Waals surface area (Å²) in [7, 11) is 0. The van der Waals surface area contributed by atoms with Crippen molar-refractivity contribution in [1.82, 2.24) is 10.3 Å². The van der Waals surface area contributed by atoms with Gasteiger partial charge in [-0.1, -0.05) is 11.6 Å². The molecule has 0 atom stereocenters. The van der Waals surface area contributed by atoms with Crippen LogP contribution < -0.4 is 10.9 Å². The van der Waals surface area contributed by atoms with Crippen LogP contribution in [-0.4, -0.2) is 16.4 Å². The molecule has 0 aromatic carbocycles. The Balaban J connectivity index is 2.93. The van der Waals surface area contributed by atoms with Gasteiger partial charge in [0.1, 0.15) is 5.02 Å². The Labute approximate surface area is 92.7 Å². The van der Waals surface area contributed by atoms with Gasteiger partial charge in [-0.2, -0.15) is 0 Å². The van der Waals surface area contributed by atoms with Gasteiger partial charge in [0.05, 0.1) is 5.56 Å². The minimum absolute atomic E-state index is 0.0107. The predicted octanol–water partition coefficient (Wildman–Crippen LogP) is 1.56. The molecule has 5 heteroatoms. The first kappa shape index (κ1) is 11.8. The molecule has 1 aromatic rings. The van der Waals surface area contributed by atoms with Gasteiger partial charge in [-0.3, -0.25) is 9.59 Å². The Morgan fingerprint density at radius 2 is 2.07 bits per heavy atom. The highest BCUT2D eigenvalue weighted by molar-refractivity contribution is 6.30. The van der Waals surface area contributed by atoms with Crippen LogP contribution in [0.3, 0.4) is 0 Å². The zero-order chi connectivity index (χ0) is 11.6. The molecule has 82 valence electrons. The molecule has 1 rings (SSSR count). The molecule has 15 heavy (non-hydrogen) atoms. The van der Waals surface area contributed by atoms with Crippen LogP contribution in [0.2, 0.25) is 5.02 Å². The van der Waals surface area contributed by atoms with Gasteiger partial charge in [0.2, 0.25) is 0 Å². The fraction of sp³-hybridized carbons (Fsp3) is 0.400. The van der Waals surface area contributed by atoms with Gasteiger partial charge < -0.3 is 10.3 Å². The first-order chi connectivity index (χ1) is 6.79. The number of carbonyl (C=O) groups excluding carboxylic acids is 1. The number of rotatable bonds is 1. The molecule has 1 amide bonds. The molecule has 0 aliphatic carbocycles. The summed E-state index contributed by atoms with van der Waals surface area (Å²) in [6.07, 6.45) is 1.34. The smallest absolute Gasteiger partial charge is 0.266 e. The van der Waals surface area contributed by atoms with Crippen LogP contribution >= 0.6 is 11.6 Å². The molecule has 0 unspecified atom stereocenters. The molecule has 0 aliphatic rings. The van der Waals surface area contributed by atoms with E-state index >= 15 is 0 Å². The van der Waals surface area contributed by atoms with Crippen molar-refractivity contribution in [2.45, 2.75) is 26.3 Å². The molecule has 1 aromatic heterocycles. The third-order valence-electron chi connectivity index (χ3n) is 1.61. The number of halogens is 1. The molecule has 4 nitrogen and oxygen atoms in total. The maximum Gasteiger partial charge on any atom is 0.266 e. The molecule has 1 heterocycles. The average molecular weight is 229 g/mol. The zero-order valence-electron chi connectivity index (χ0n) is 8.85. The summed E-state index contributed by atoms with van der Waals surface area (Å²) in [4.78, 5) is 25.0. The lowest BCUT2D eigenvalue weighted by Gasteiger charge is -2.20. The van der Waals surface area contributed by atoms with Crippen LogP contribution in [0.15, 0.2) is 17.1 Å². The van der Waals surface area contributed by atoms with E-state index in [2.05, 4.69) is 10.3 Å². The van der Waals surface area contributed by atoms with Gasteiger partial charge in [0.25, 0.3) is 11.5 Å². The molecule has 0 saturated carbocycles. The number of nitrogens with one attached hydrogen (secondary N) is 2. The first-order valence-corrected chi connectivity index (χ1v) is 4.88. The maximum absolute atomic E-state index is 11.6. The van der Waals surface area contributed by atoms with Crippen LogP contribution in [0.4, 0.5) is 0 Å². The molecule has 0 bridgehead atoms. The third-order valence-corrected chi connectivity index (χ3v) is 1.89. The highest BCUT2D eigenvalue weighted by Gasteiger charge is 2.15. The van der Waals surface area contributed by atoms with Crippen molar-refractivity contribution in [1.29, 1.82) is 0 Å². The lowest BCUT2D eigenvalue weighted by atomic mass is 10.1. The van der Waals surface area contributed by atoms with Crippen LogP contribution in [0.5, 0.6) is 0 Å². The second-order valence-electron chi connectivity index (χ2n) is 4.27. The average Bonchev–Trinajstić information content (AvgIpc) is 2.06. The topological polar surface area (TPSA) is 62.0 Å². The molecule has 0 spiro atoms. The van der Waals surface area contributed by atoms with E-state index in [1.165, 1.54) is 12.3 Å². The number of amides is 1. The molecule has 0 radical (unpaired) electrons. The SMILES string of the molecule is CC(C)(C)NC(=O)c1c[nH]c(=O)c(Cl)c1. The Morgan fingerprint density at radius 3 is 2.53 bits per heavy atom. The van der Waals surface area contributed by atoms with Crippen molar-refractivity contribution in [2.75, 3.05) is 0 Å². The third kappa shape index (κ3) is 3.40. The molecule has 0 fully saturated rings.